The SMILES string of the molecule is [2H]C([2H])([2H])C([2H])(C([2H])([2H])[2H])C([2H])([2H])[C@@]([2H])(CO)CC(=O)OC(C)(C)C. The number of hydrogen-bond donors (Lipinski definition) is 1. The Morgan fingerprint density at radius 1 is 1.60 bits per heavy atom. The second kappa shape index (κ2) is 6.11. The van der Waals surface area contributed by atoms with Gasteiger partial charge in [-0.3, -0.25) is 4.79 Å². The van der Waals surface area contributed by atoms with Crippen molar-refractivity contribution in [2.24, 2.45) is 11.8 Å². The minimum atomic E-state index is -3.75. The van der Waals surface area contributed by atoms with Crippen molar-refractivity contribution in [1.82, 2.24) is 0 Å². The summed E-state index contributed by atoms with van der Waals surface area (Å²) in [5, 5.41) is 9.48. The second-order valence-corrected chi connectivity index (χ2v) is 4.02. The highest BCUT2D eigenvalue weighted by Gasteiger charge is 2.20. The highest BCUT2D eigenvalue weighted by Crippen LogP contribution is 2.17. The molecule has 15 heavy (non-hydrogen) atoms. The summed E-state index contributed by atoms with van der Waals surface area (Å²) >= 11 is 0. The summed E-state index contributed by atoms with van der Waals surface area (Å²) < 4.78 is 80.9. The number of rotatable bonds is 5. The molecule has 0 aliphatic heterocycles. The zero-order valence-corrected chi connectivity index (χ0v) is 9.18. The van der Waals surface area contributed by atoms with Crippen molar-refractivity contribution in [3.8, 4) is 0 Å². The van der Waals surface area contributed by atoms with E-state index >= 15 is 0 Å². The smallest absolute Gasteiger partial charge is 0.306 e. The molecule has 3 heteroatoms. The van der Waals surface area contributed by atoms with Crippen molar-refractivity contribution in [2.45, 2.75) is 52.9 Å². The van der Waals surface area contributed by atoms with Gasteiger partial charge in [0, 0.05) is 20.3 Å². The Kier molecular flexibility index (Phi) is 1.93. The molecule has 0 heterocycles. The highest BCUT2D eigenvalue weighted by atomic mass is 16.6. The molecule has 0 spiro atoms. The summed E-state index contributed by atoms with van der Waals surface area (Å²) in [4.78, 5) is 11.9. The molecule has 0 rings (SSSR count). The third-order valence-electron chi connectivity index (χ3n) is 1.27. The van der Waals surface area contributed by atoms with Crippen LogP contribution in [0.25, 0.3) is 0 Å². The van der Waals surface area contributed by atoms with Gasteiger partial charge in [-0.05, 0) is 38.9 Å². The second-order valence-electron chi connectivity index (χ2n) is 4.02. The number of carbonyl (C=O) groups is 1. The quantitative estimate of drug-likeness (QED) is 0.732. The Morgan fingerprint density at radius 3 is 2.60 bits per heavy atom. The molecular formula is C12H24O3. The molecule has 0 saturated carbocycles. The van der Waals surface area contributed by atoms with Crippen LogP contribution in [0.15, 0.2) is 0 Å². The van der Waals surface area contributed by atoms with E-state index in [0.717, 1.165) is 0 Å². The van der Waals surface area contributed by atoms with Crippen molar-refractivity contribution < 1.29 is 28.3 Å². The van der Waals surface area contributed by atoms with Crippen molar-refractivity contribution in [2.75, 3.05) is 6.61 Å². The van der Waals surface area contributed by atoms with Gasteiger partial charge in [-0.1, -0.05) is 13.7 Å². The molecule has 0 aromatic heterocycles. The minimum absolute atomic E-state index is 0.994. The van der Waals surface area contributed by atoms with E-state index in [1.54, 1.807) is 0 Å². The fourth-order valence-electron chi connectivity index (χ4n) is 0.868. The maximum Gasteiger partial charge on any atom is 0.306 e. The van der Waals surface area contributed by atoms with E-state index in [1.165, 1.54) is 20.8 Å². The van der Waals surface area contributed by atoms with Gasteiger partial charge in [0.25, 0.3) is 0 Å². The van der Waals surface area contributed by atoms with Gasteiger partial charge in [0.05, 0.1) is 6.42 Å². The summed E-state index contributed by atoms with van der Waals surface area (Å²) in [6, 6.07) is 0. The van der Waals surface area contributed by atoms with Gasteiger partial charge in [-0.2, -0.15) is 0 Å². The predicted octanol–water partition coefficient (Wildman–Crippen LogP) is 2.37. The van der Waals surface area contributed by atoms with Gasteiger partial charge >= 0.3 is 5.97 Å². The molecule has 0 saturated heterocycles. The molecular weight excluding hydrogens is 192 g/mol. The lowest BCUT2D eigenvalue weighted by Crippen LogP contribution is -2.26. The number of hydrogen-bond acceptors (Lipinski definition) is 3. The van der Waals surface area contributed by atoms with Gasteiger partial charge in [0.1, 0.15) is 5.60 Å². The molecule has 0 unspecified atom stereocenters. The van der Waals surface area contributed by atoms with Crippen molar-refractivity contribution >= 4 is 5.97 Å². The maximum atomic E-state index is 11.9. The molecule has 3 nitrogen and oxygen atoms in total. The molecule has 0 aromatic carbocycles. The third kappa shape index (κ3) is 8.43. The lowest BCUT2D eigenvalue weighted by Gasteiger charge is -2.22. The largest absolute Gasteiger partial charge is 0.460 e. The molecule has 0 aliphatic carbocycles. The third-order valence-corrected chi connectivity index (χ3v) is 1.27. The van der Waals surface area contributed by atoms with E-state index in [2.05, 4.69) is 0 Å². The molecule has 1 N–H and O–H groups in total. The fraction of sp³-hybridized carbons (Fsp3) is 0.917. The van der Waals surface area contributed by atoms with Gasteiger partial charge in [0.15, 0.2) is 0 Å². The number of aliphatic hydroxyl groups excluding tert-OH is 1. The van der Waals surface area contributed by atoms with Crippen molar-refractivity contribution in [3.63, 3.8) is 0 Å². The van der Waals surface area contributed by atoms with Crippen LogP contribution in [0, 0.1) is 11.8 Å². The summed E-state index contributed by atoms with van der Waals surface area (Å²) in [6.07, 6.45) is -4.73. The van der Waals surface area contributed by atoms with Crippen LogP contribution in [0.3, 0.4) is 0 Å². The van der Waals surface area contributed by atoms with Crippen LogP contribution in [0.2, 0.25) is 0 Å². The lowest BCUT2D eigenvalue weighted by molar-refractivity contribution is -0.156. The zero-order valence-electron chi connectivity index (χ0n) is 19.2. The van der Waals surface area contributed by atoms with Gasteiger partial charge in [-0.15, -0.1) is 0 Å². The van der Waals surface area contributed by atoms with Gasteiger partial charge in [0.2, 0.25) is 0 Å². The fourth-order valence-corrected chi connectivity index (χ4v) is 0.868. The molecule has 0 radical (unpaired) electrons. The Labute approximate surface area is 107 Å². The van der Waals surface area contributed by atoms with Crippen molar-refractivity contribution in [1.29, 1.82) is 0 Å². The monoisotopic (exact) mass is 226 g/mol. The molecule has 0 aromatic rings. The summed E-state index contributed by atoms with van der Waals surface area (Å²) in [5.41, 5.74) is -0.994. The van der Waals surface area contributed by atoms with Gasteiger partial charge in [-0.25, -0.2) is 0 Å². The van der Waals surface area contributed by atoms with E-state index < -0.39 is 56.5 Å². The molecule has 0 amide bonds. The summed E-state index contributed by atoms with van der Waals surface area (Å²) in [7, 11) is 0. The van der Waals surface area contributed by atoms with Crippen LogP contribution in [0.5, 0.6) is 0 Å². The average molecular weight is 226 g/mol. The minimum Gasteiger partial charge on any atom is -0.460 e. The molecule has 0 aliphatic rings. The first kappa shape index (κ1) is 4.74. The van der Waals surface area contributed by atoms with Crippen LogP contribution in [-0.2, 0) is 9.53 Å². The molecule has 0 bridgehead atoms. The van der Waals surface area contributed by atoms with E-state index in [0.29, 0.717) is 0 Å². The number of esters is 1. The van der Waals surface area contributed by atoms with Crippen LogP contribution >= 0.6 is 0 Å². The highest BCUT2D eigenvalue weighted by molar-refractivity contribution is 5.70. The van der Waals surface area contributed by atoms with E-state index in [4.69, 9.17) is 18.4 Å². The lowest BCUT2D eigenvalue weighted by atomic mass is 9.95. The first-order valence-electron chi connectivity index (χ1n) is 9.49. The maximum absolute atomic E-state index is 11.9. The Bertz CT molecular complexity index is 477. The number of carbonyl (C=O) groups excluding carboxylic acids is 1. The molecule has 90 valence electrons. The van der Waals surface area contributed by atoms with Crippen molar-refractivity contribution in [3.05, 3.63) is 0 Å². The van der Waals surface area contributed by atoms with Crippen LogP contribution < -0.4 is 0 Å². The Hall–Kier alpha value is -0.570. The topological polar surface area (TPSA) is 46.5 Å². The number of aliphatic hydroxyl groups is 1. The first-order valence-corrected chi connectivity index (χ1v) is 4.49. The summed E-state index contributed by atoms with van der Waals surface area (Å²) in [6.45, 7) is -4.18. The normalized spacial score (nSPS) is 29.3. The Morgan fingerprint density at radius 2 is 2.20 bits per heavy atom. The van der Waals surface area contributed by atoms with E-state index in [-0.39, 0.29) is 0 Å². The van der Waals surface area contributed by atoms with Crippen LogP contribution in [-0.4, -0.2) is 23.3 Å². The first-order chi connectivity index (χ1) is 10.7. The molecule has 1 atom stereocenters. The van der Waals surface area contributed by atoms with Gasteiger partial charge < -0.3 is 9.84 Å². The predicted molar refractivity (Wildman–Crippen MR) is 60.5 cm³/mol. The van der Waals surface area contributed by atoms with E-state index in [1.807, 2.05) is 0 Å². The molecule has 0 fully saturated rings. The number of ether oxygens (including phenoxy) is 1. The van der Waals surface area contributed by atoms with E-state index in [9.17, 15) is 9.90 Å². The van der Waals surface area contributed by atoms with Crippen LogP contribution in [0.4, 0.5) is 0 Å². The summed E-state index contributed by atoms with van der Waals surface area (Å²) in [5.74, 6) is -7.79. The standard InChI is InChI=1S/C12H24O3/c1-9(2)6-10(8-13)7-11(14)15-12(3,4)5/h9-10,13H,6-8H2,1-5H3/t10-/m1/s1/i1D3,2D3,6D2,9D,10D. The van der Waals surface area contributed by atoms with Crippen LogP contribution in [0.1, 0.15) is 61.0 Å². The zero-order chi connectivity index (χ0) is 20.7. The average Bonchev–Trinajstić information content (AvgIpc) is 2.31. The Balaban J connectivity index is 6.15.